The van der Waals surface area contributed by atoms with Crippen LogP contribution in [0, 0.1) is 0 Å². The lowest BCUT2D eigenvalue weighted by atomic mass is 10.3. The zero-order valence-electron chi connectivity index (χ0n) is 12.0. The van der Waals surface area contributed by atoms with Gasteiger partial charge in [-0.1, -0.05) is 6.07 Å². The predicted octanol–water partition coefficient (Wildman–Crippen LogP) is 2.26. The Morgan fingerprint density at radius 3 is 2.83 bits per heavy atom. The highest BCUT2D eigenvalue weighted by molar-refractivity contribution is 7.14. The van der Waals surface area contributed by atoms with E-state index in [-0.39, 0.29) is 23.2 Å². The molecule has 0 radical (unpaired) electrons. The van der Waals surface area contributed by atoms with E-state index in [0.29, 0.717) is 5.69 Å². The molecular weight excluding hydrogens is 342 g/mol. The first-order chi connectivity index (χ1) is 11.0. The van der Waals surface area contributed by atoms with Crippen LogP contribution in [0.4, 0.5) is 9.93 Å². The summed E-state index contributed by atoms with van der Waals surface area (Å²) < 4.78 is 5.02. The van der Waals surface area contributed by atoms with Crippen LogP contribution in [0.2, 0.25) is 0 Å². The van der Waals surface area contributed by atoms with Gasteiger partial charge in [-0.3, -0.25) is 20.1 Å². The number of nitrogens with one attached hydrogen (secondary N) is 1. The molecule has 10 heteroatoms. The van der Waals surface area contributed by atoms with Crippen LogP contribution in [0.3, 0.4) is 0 Å². The fourth-order valence-corrected chi connectivity index (χ4v) is 2.82. The molecule has 0 saturated heterocycles. The van der Waals surface area contributed by atoms with Crippen LogP contribution >= 0.6 is 22.7 Å². The molecule has 0 atom stereocenters. The van der Waals surface area contributed by atoms with Crippen LogP contribution < -0.4 is 5.32 Å². The molecule has 0 spiro atoms. The van der Waals surface area contributed by atoms with E-state index in [0.717, 1.165) is 23.1 Å². The Bertz CT molecular complexity index is 698. The number of imide groups is 1. The number of hydrogen-bond donors (Lipinski definition) is 2. The molecule has 3 amide bonds. The SMILES string of the molecule is CC(=O)N(O)C(=O)Cc1csc(NC(=O)OCc2cccs2)n1. The van der Waals surface area contributed by atoms with Gasteiger partial charge in [-0.25, -0.2) is 9.78 Å². The molecule has 8 nitrogen and oxygen atoms in total. The molecule has 2 heterocycles. The molecule has 2 aromatic rings. The van der Waals surface area contributed by atoms with Crippen molar-refractivity contribution in [2.75, 3.05) is 5.32 Å². The summed E-state index contributed by atoms with van der Waals surface area (Å²) in [4.78, 5) is 38.9. The number of rotatable bonds is 5. The molecule has 0 bridgehead atoms. The minimum absolute atomic E-state index is 0.0295. The van der Waals surface area contributed by atoms with Crippen molar-refractivity contribution in [1.29, 1.82) is 0 Å². The van der Waals surface area contributed by atoms with E-state index in [9.17, 15) is 19.6 Å². The first-order valence-corrected chi connectivity index (χ1v) is 8.14. The van der Waals surface area contributed by atoms with E-state index in [1.165, 1.54) is 11.3 Å². The summed E-state index contributed by atoms with van der Waals surface area (Å²) in [5, 5.41) is 15.4. The molecule has 0 saturated carbocycles. The van der Waals surface area contributed by atoms with Gasteiger partial charge in [-0.15, -0.1) is 22.7 Å². The number of carbonyl (C=O) groups is 3. The topological polar surface area (TPSA) is 109 Å². The molecule has 0 fully saturated rings. The van der Waals surface area contributed by atoms with Crippen LogP contribution in [0.25, 0.3) is 0 Å². The maximum absolute atomic E-state index is 11.6. The maximum atomic E-state index is 11.6. The number of thiophene rings is 1. The molecule has 0 aliphatic heterocycles. The van der Waals surface area contributed by atoms with E-state index in [1.54, 1.807) is 5.38 Å². The summed E-state index contributed by atoms with van der Waals surface area (Å²) >= 11 is 2.58. The molecule has 0 aliphatic rings. The van der Waals surface area contributed by atoms with Gasteiger partial charge in [0.05, 0.1) is 12.1 Å². The number of ether oxygens (including phenoxy) is 1. The van der Waals surface area contributed by atoms with E-state index < -0.39 is 17.9 Å². The number of hydroxylamine groups is 2. The lowest BCUT2D eigenvalue weighted by Crippen LogP contribution is -2.33. The van der Waals surface area contributed by atoms with Crippen molar-refractivity contribution in [3.63, 3.8) is 0 Å². The quantitative estimate of drug-likeness (QED) is 0.629. The Balaban J connectivity index is 1.83. The average molecular weight is 355 g/mol. The van der Waals surface area contributed by atoms with E-state index in [4.69, 9.17) is 4.74 Å². The zero-order chi connectivity index (χ0) is 16.8. The number of anilines is 1. The van der Waals surface area contributed by atoms with Crippen molar-refractivity contribution in [1.82, 2.24) is 10.0 Å². The molecule has 2 N–H and O–H groups in total. The van der Waals surface area contributed by atoms with Gasteiger partial charge in [0.2, 0.25) is 5.91 Å². The van der Waals surface area contributed by atoms with Gasteiger partial charge >= 0.3 is 6.09 Å². The van der Waals surface area contributed by atoms with Crippen molar-refractivity contribution in [3.05, 3.63) is 33.5 Å². The van der Waals surface area contributed by atoms with Gasteiger partial charge in [-0.05, 0) is 11.4 Å². The lowest BCUT2D eigenvalue weighted by Gasteiger charge is -2.08. The van der Waals surface area contributed by atoms with Crippen molar-refractivity contribution in [2.24, 2.45) is 0 Å². The highest BCUT2D eigenvalue weighted by atomic mass is 32.1. The number of nitrogens with zero attached hydrogens (tertiary/aromatic N) is 2. The van der Waals surface area contributed by atoms with Gasteiger partial charge in [0, 0.05) is 17.2 Å². The minimum atomic E-state index is -0.797. The van der Waals surface area contributed by atoms with Gasteiger partial charge < -0.3 is 4.74 Å². The van der Waals surface area contributed by atoms with Crippen molar-refractivity contribution >= 4 is 45.7 Å². The van der Waals surface area contributed by atoms with Gasteiger partial charge in [0.25, 0.3) is 5.91 Å². The Morgan fingerprint density at radius 2 is 2.17 bits per heavy atom. The zero-order valence-corrected chi connectivity index (χ0v) is 13.6. The molecular formula is C13H13N3O5S2. The molecule has 2 rings (SSSR count). The largest absolute Gasteiger partial charge is 0.444 e. The van der Waals surface area contributed by atoms with Crippen LogP contribution in [0.15, 0.2) is 22.9 Å². The third kappa shape index (κ3) is 5.13. The molecule has 122 valence electrons. The maximum Gasteiger partial charge on any atom is 0.413 e. The van der Waals surface area contributed by atoms with Crippen LogP contribution in [0.1, 0.15) is 17.5 Å². The lowest BCUT2D eigenvalue weighted by molar-refractivity contribution is -0.176. The smallest absolute Gasteiger partial charge is 0.413 e. The van der Waals surface area contributed by atoms with Crippen LogP contribution in [0.5, 0.6) is 0 Å². The molecule has 2 aromatic heterocycles. The van der Waals surface area contributed by atoms with Crippen LogP contribution in [-0.4, -0.2) is 33.2 Å². The summed E-state index contributed by atoms with van der Waals surface area (Å²) in [5.41, 5.74) is 0.328. The van der Waals surface area contributed by atoms with E-state index >= 15 is 0 Å². The van der Waals surface area contributed by atoms with Crippen molar-refractivity contribution in [3.8, 4) is 0 Å². The summed E-state index contributed by atoms with van der Waals surface area (Å²) in [7, 11) is 0. The molecule has 0 unspecified atom stereocenters. The Labute approximate surface area is 139 Å². The van der Waals surface area contributed by atoms with Gasteiger partial charge in [0.15, 0.2) is 5.13 Å². The van der Waals surface area contributed by atoms with Crippen molar-refractivity contribution < 1.29 is 24.3 Å². The second-order valence-electron chi connectivity index (χ2n) is 4.33. The first kappa shape index (κ1) is 17.1. The summed E-state index contributed by atoms with van der Waals surface area (Å²) in [6.07, 6.45) is -0.906. The van der Waals surface area contributed by atoms with Crippen molar-refractivity contribution in [2.45, 2.75) is 20.0 Å². The number of carbonyl (C=O) groups excluding carboxylic acids is 3. The monoisotopic (exact) mass is 355 g/mol. The van der Waals surface area contributed by atoms with E-state index in [1.807, 2.05) is 17.5 Å². The summed E-state index contributed by atoms with van der Waals surface area (Å²) in [5.74, 6) is -1.57. The fourth-order valence-electron chi connectivity index (χ4n) is 1.51. The third-order valence-corrected chi connectivity index (χ3v) is 4.21. The Morgan fingerprint density at radius 1 is 1.39 bits per heavy atom. The molecule has 0 aliphatic carbocycles. The second kappa shape index (κ2) is 7.81. The van der Waals surface area contributed by atoms with Gasteiger partial charge in [0.1, 0.15) is 6.61 Å². The van der Waals surface area contributed by atoms with Gasteiger partial charge in [-0.2, -0.15) is 5.06 Å². The second-order valence-corrected chi connectivity index (χ2v) is 6.22. The minimum Gasteiger partial charge on any atom is -0.444 e. The fraction of sp³-hybridized carbons (Fsp3) is 0.231. The molecule has 23 heavy (non-hydrogen) atoms. The van der Waals surface area contributed by atoms with Crippen LogP contribution in [-0.2, 0) is 27.4 Å². The normalized spacial score (nSPS) is 10.2. The average Bonchev–Trinajstić information content (AvgIpc) is 3.16. The Hall–Kier alpha value is -2.30. The predicted molar refractivity (Wildman–Crippen MR) is 83.3 cm³/mol. The summed E-state index contributed by atoms with van der Waals surface area (Å²) in [6, 6.07) is 3.71. The Kier molecular flexibility index (Phi) is 5.79. The molecule has 0 aromatic carbocycles. The standard InChI is InChI=1S/C13H13N3O5S2/c1-8(17)16(20)11(18)5-9-7-23-12(14-9)15-13(19)21-6-10-3-2-4-22-10/h2-4,7,20H,5-6H2,1H3,(H,14,15,19). The number of thiazole rings is 1. The first-order valence-electron chi connectivity index (χ1n) is 6.38. The third-order valence-electron chi connectivity index (χ3n) is 2.55. The highest BCUT2D eigenvalue weighted by Gasteiger charge is 2.17. The van der Waals surface area contributed by atoms with E-state index in [2.05, 4.69) is 10.3 Å². The highest BCUT2D eigenvalue weighted by Crippen LogP contribution is 2.17. The number of hydrogen-bond acceptors (Lipinski definition) is 8. The number of amides is 3. The summed E-state index contributed by atoms with van der Waals surface area (Å²) in [6.45, 7) is 1.23. The number of aromatic nitrogens is 1.